The number of hydrogen-bond donors (Lipinski definition) is 3. The van der Waals surface area contributed by atoms with Crippen LogP contribution in [0.2, 0.25) is 0 Å². The van der Waals surface area contributed by atoms with Crippen LogP contribution in [0.25, 0.3) is 0 Å². The molecule has 160 valence electrons. The molecule has 1 aliphatic heterocycles. The third-order valence-electron chi connectivity index (χ3n) is 5.26. The Morgan fingerprint density at radius 2 is 1.14 bits per heavy atom. The number of nitrogens with one attached hydrogen (secondary N) is 2. The second-order valence-corrected chi connectivity index (χ2v) is 7.80. The van der Waals surface area contributed by atoms with Crippen LogP contribution in [0, 0.1) is 0 Å². The van der Waals surface area contributed by atoms with E-state index in [2.05, 4.69) is 6.92 Å². The van der Waals surface area contributed by atoms with E-state index in [1.54, 1.807) is 6.08 Å². The Bertz CT molecular complexity index is 497. The quantitative estimate of drug-likeness (QED) is 0.204. The number of aliphatic hydroxyl groups is 1. The Morgan fingerprint density at radius 1 is 0.714 bits per heavy atom. The van der Waals surface area contributed by atoms with Gasteiger partial charge < -0.3 is 5.11 Å². The molecule has 1 heterocycles. The minimum absolute atomic E-state index is 0.129. The zero-order valence-corrected chi connectivity index (χ0v) is 17.4. The van der Waals surface area contributed by atoms with Crippen molar-refractivity contribution < 1.29 is 19.5 Å². The lowest BCUT2D eigenvalue weighted by molar-refractivity contribution is -0.154. The first-order valence-electron chi connectivity index (χ1n) is 11.0. The summed E-state index contributed by atoms with van der Waals surface area (Å²) in [6.07, 6.45) is 21.3. The predicted octanol–water partition coefficient (Wildman–Crippen LogP) is 4.51. The lowest BCUT2D eigenvalue weighted by Gasteiger charge is -2.27. The van der Waals surface area contributed by atoms with Gasteiger partial charge >= 0.3 is 6.03 Å². The number of carbonyl (C=O) groups is 3. The van der Waals surface area contributed by atoms with Crippen LogP contribution in [0.15, 0.2) is 12.2 Å². The molecule has 1 aliphatic rings. The number of imide groups is 2. The lowest BCUT2D eigenvalue weighted by Crippen LogP contribution is -2.66. The van der Waals surface area contributed by atoms with E-state index < -0.39 is 23.4 Å². The molecular weight excluding hydrogens is 356 g/mol. The second-order valence-electron chi connectivity index (χ2n) is 7.80. The van der Waals surface area contributed by atoms with Gasteiger partial charge in [-0.1, -0.05) is 96.1 Å². The fourth-order valence-corrected chi connectivity index (χ4v) is 3.38. The molecule has 0 aromatic carbocycles. The Hall–Kier alpha value is -1.69. The maximum atomic E-state index is 11.7. The molecule has 6 nitrogen and oxygen atoms in total. The summed E-state index contributed by atoms with van der Waals surface area (Å²) in [6.45, 7) is 2.25. The summed E-state index contributed by atoms with van der Waals surface area (Å²) < 4.78 is 0. The van der Waals surface area contributed by atoms with Gasteiger partial charge in [-0.05, 0) is 12.8 Å². The van der Waals surface area contributed by atoms with E-state index in [1.807, 2.05) is 16.7 Å². The molecule has 3 N–H and O–H groups in total. The Kier molecular flexibility index (Phi) is 12.5. The molecule has 4 amide bonds. The molecule has 0 unspecified atom stereocenters. The van der Waals surface area contributed by atoms with E-state index in [9.17, 15) is 19.5 Å². The molecule has 1 rings (SSSR count). The molecule has 1 fully saturated rings. The molecule has 0 radical (unpaired) electrons. The highest BCUT2D eigenvalue weighted by Crippen LogP contribution is 2.16. The number of hydrogen-bond acceptors (Lipinski definition) is 4. The molecule has 0 bridgehead atoms. The fourth-order valence-electron chi connectivity index (χ4n) is 3.38. The Morgan fingerprint density at radius 3 is 1.61 bits per heavy atom. The van der Waals surface area contributed by atoms with E-state index in [0.717, 1.165) is 12.8 Å². The highest BCUT2D eigenvalue weighted by molar-refractivity contribution is 6.21. The van der Waals surface area contributed by atoms with Crippen molar-refractivity contribution in [3.63, 3.8) is 0 Å². The van der Waals surface area contributed by atoms with Crippen molar-refractivity contribution in [2.45, 2.75) is 109 Å². The molecule has 6 heteroatoms. The highest BCUT2D eigenvalue weighted by atomic mass is 16.3. The zero-order chi connectivity index (χ0) is 20.7. The maximum absolute atomic E-state index is 11.7. The second kappa shape index (κ2) is 14.3. The Balaban J connectivity index is 1.95. The van der Waals surface area contributed by atoms with E-state index in [1.165, 1.54) is 77.0 Å². The number of amides is 4. The molecule has 1 saturated heterocycles. The molecule has 0 aromatic heterocycles. The SMILES string of the molecule is CCCCCCCCCCCCCCCC=CCC1(O)C(=O)NC(=O)NC1=O. The topological polar surface area (TPSA) is 95.5 Å². The Labute approximate surface area is 169 Å². The molecule has 0 saturated carbocycles. The van der Waals surface area contributed by atoms with E-state index >= 15 is 0 Å². The van der Waals surface area contributed by atoms with Crippen LogP contribution >= 0.6 is 0 Å². The van der Waals surface area contributed by atoms with Crippen molar-refractivity contribution in [2.75, 3.05) is 0 Å². The van der Waals surface area contributed by atoms with Gasteiger partial charge in [0, 0.05) is 6.42 Å². The number of urea groups is 1. The van der Waals surface area contributed by atoms with Gasteiger partial charge in [0.1, 0.15) is 0 Å². The van der Waals surface area contributed by atoms with E-state index in [-0.39, 0.29) is 6.42 Å². The minimum Gasteiger partial charge on any atom is -0.371 e. The smallest absolute Gasteiger partial charge is 0.328 e. The standard InChI is InChI=1S/C22H38N2O4/c1-2-3-4-5-6-7-8-9-10-11-12-13-14-15-16-17-18-22(28)19(25)23-21(27)24-20(22)26/h16-17,28H,2-15,18H2,1H3,(H2,23,24,25,26,27). The fraction of sp³-hybridized carbons (Fsp3) is 0.773. The van der Waals surface area contributed by atoms with Gasteiger partial charge in [-0.25, -0.2) is 4.79 Å². The third kappa shape index (κ3) is 9.49. The number of carbonyl (C=O) groups excluding carboxylic acids is 3. The first kappa shape index (κ1) is 24.3. The zero-order valence-electron chi connectivity index (χ0n) is 17.4. The number of barbiturate groups is 1. The van der Waals surface area contributed by atoms with Crippen molar-refractivity contribution in [2.24, 2.45) is 0 Å². The molecule has 0 aliphatic carbocycles. The summed E-state index contributed by atoms with van der Waals surface area (Å²) in [5.41, 5.74) is -2.19. The van der Waals surface area contributed by atoms with Crippen LogP contribution in [0.4, 0.5) is 4.79 Å². The molecule has 0 atom stereocenters. The molecule has 0 spiro atoms. The molecular formula is C22H38N2O4. The van der Waals surface area contributed by atoms with Gasteiger partial charge in [-0.2, -0.15) is 0 Å². The average molecular weight is 395 g/mol. The molecule has 0 aromatic rings. The summed E-state index contributed by atoms with van der Waals surface area (Å²) in [7, 11) is 0. The van der Waals surface area contributed by atoms with E-state index in [0.29, 0.717) is 0 Å². The summed E-state index contributed by atoms with van der Waals surface area (Å²) in [5.74, 6) is -1.93. The predicted molar refractivity (Wildman–Crippen MR) is 111 cm³/mol. The minimum atomic E-state index is -2.19. The number of allylic oxidation sites excluding steroid dienone is 1. The van der Waals surface area contributed by atoms with Gasteiger partial charge in [0.05, 0.1) is 0 Å². The van der Waals surface area contributed by atoms with E-state index in [4.69, 9.17) is 0 Å². The summed E-state index contributed by atoms with van der Waals surface area (Å²) in [5, 5.41) is 13.9. The largest absolute Gasteiger partial charge is 0.371 e. The van der Waals surface area contributed by atoms with Gasteiger partial charge in [0.15, 0.2) is 0 Å². The van der Waals surface area contributed by atoms with Crippen molar-refractivity contribution in [3.05, 3.63) is 12.2 Å². The normalized spacial score (nSPS) is 16.4. The summed E-state index contributed by atoms with van der Waals surface area (Å²) >= 11 is 0. The molecule has 28 heavy (non-hydrogen) atoms. The van der Waals surface area contributed by atoms with Gasteiger partial charge in [0.2, 0.25) is 5.60 Å². The number of unbranched alkanes of at least 4 members (excludes halogenated alkanes) is 13. The first-order valence-corrected chi connectivity index (χ1v) is 11.0. The van der Waals surface area contributed by atoms with Crippen molar-refractivity contribution >= 4 is 17.8 Å². The number of rotatable bonds is 16. The lowest BCUT2D eigenvalue weighted by atomic mass is 9.95. The van der Waals surface area contributed by atoms with Gasteiger partial charge in [-0.3, -0.25) is 20.2 Å². The summed E-state index contributed by atoms with van der Waals surface area (Å²) in [6, 6.07) is -0.893. The highest BCUT2D eigenvalue weighted by Gasteiger charge is 2.47. The maximum Gasteiger partial charge on any atom is 0.328 e. The van der Waals surface area contributed by atoms with Crippen molar-refractivity contribution in [1.29, 1.82) is 0 Å². The van der Waals surface area contributed by atoms with Crippen LogP contribution in [0.1, 0.15) is 103 Å². The average Bonchev–Trinajstić information content (AvgIpc) is 2.66. The van der Waals surface area contributed by atoms with Crippen LogP contribution in [-0.2, 0) is 9.59 Å². The van der Waals surface area contributed by atoms with Gasteiger partial charge in [0.25, 0.3) is 11.8 Å². The first-order chi connectivity index (χ1) is 13.5. The summed E-state index contributed by atoms with van der Waals surface area (Å²) in [4.78, 5) is 34.3. The van der Waals surface area contributed by atoms with Gasteiger partial charge in [-0.15, -0.1) is 0 Å². The van der Waals surface area contributed by atoms with Crippen LogP contribution in [0.3, 0.4) is 0 Å². The van der Waals surface area contributed by atoms with Crippen molar-refractivity contribution in [1.82, 2.24) is 10.6 Å². The van der Waals surface area contributed by atoms with Crippen LogP contribution in [0.5, 0.6) is 0 Å². The monoisotopic (exact) mass is 394 g/mol. The van der Waals surface area contributed by atoms with Crippen molar-refractivity contribution in [3.8, 4) is 0 Å². The van der Waals surface area contributed by atoms with Crippen LogP contribution in [-0.4, -0.2) is 28.6 Å². The van der Waals surface area contributed by atoms with Crippen LogP contribution < -0.4 is 10.6 Å². The third-order valence-corrected chi connectivity index (χ3v) is 5.26.